The van der Waals surface area contributed by atoms with Gasteiger partial charge in [0.15, 0.2) is 0 Å². The molecule has 0 bridgehead atoms. The van der Waals surface area contributed by atoms with E-state index in [-0.39, 0.29) is 18.0 Å². The Morgan fingerprint density at radius 2 is 2.60 bits per heavy atom. The Bertz CT molecular complexity index is 323. The molecule has 0 spiro atoms. The Morgan fingerprint density at radius 3 is 3.27 bits per heavy atom. The molecule has 1 fully saturated rings. The van der Waals surface area contributed by atoms with Gasteiger partial charge in [-0.1, -0.05) is 0 Å². The summed E-state index contributed by atoms with van der Waals surface area (Å²) in [6.07, 6.45) is 4.93. The van der Waals surface area contributed by atoms with Crippen molar-refractivity contribution in [2.45, 2.75) is 18.9 Å². The summed E-state index contributed by atoms with van der Waals surface area (Å²) in [7, 11) is 1.41. The van der Waals surface area contributed by atoms with Crippen molar-refractivity contribution in [3.05, 3.63) is 18.0 Å². The number of nitrogens with zero attached hydrogens (tertiary/aromatic N) is 1. The van der Waals surface area contributed by atoms with Crippen LogP contribution in [0.5, 0.6) is 0 Å². The second kappa shape index (κ2) is 4.44. The number of H-pyrrole nitrogens is 1. The van der Waals surface area contributed by atoms with Gasteiger partial charge in [-0.05, 0) is 12.8 Å². The van der Waals surface area contributed by atoms with Crippen molar-refractivity contribution in [1.82, 2.24) is 10.2 Å². The fourth-order valence-electron chi connectivity index (χ4n) is 1.92. The van der Waals surface area contributed by atoms with Gasteiger partial charge in [-0.15, -0.1) is 0 Å². The van der Waals surface area contributed by atoms with E-state index in [1.807, 2.05) is 0 Å². The fraction of sp³-hybridized carbons (Fsp3) is 0.600. The number of carbonyl (C=O) groups is 1. The topological polar surface area (TPSA) is 64.2 Å². The summed E-state index contributed by atoms with van der Waals surface area (Å²) >= 11 is 0. The summed E-state index contributed by atoms with van der Waals surface area (Å²) in [6, 6.07) is 0. The number of ether oxygens (including phenoxy) is 2. The summed E-state index contributed by atoms with van der Waals surface area (Å²) in [5, 5.41) is 6.58. The molecule has 0 unspecified atom stereocenters. The highest BCUT2D eigenvalue weighted by Gasteiger charge is 2.34. The van der Waals surface area contributed by atoms with Crippen molar-refractivity contribution < 1.29 is 14.3 Å². The Balaban J connectivity index is 2.16. The Hall–Kier alpha value is -1.36. The molecular formula is C10H14N2O3. The highest BCUT2D eigenvalue weighted by atomic mass is 16.5. The van der Waals surface area contributed by atoms with Crippen LogP contribution in [0.3, 0.4) is 0 Å². The molecule has 0 saturated carbocycles. The molecule has 82 valence electrons. The van der Waals surface area contributed by atoms with Gasteiger partial charge >= 0.3 is 5.97 Å². The van der Waals surface area contributed by atoms with Crippen LogP contribution in [0.4, 0.5) is 0 Å². The van der Waals surface area contributed by atoms with Crippen LogP contribution in [0.1, 0.15) is 24.5 Å². The monoisotopic (exact) mass is 210 g/mol. The van der Waals surface area contributed by atoms with Gasteiger partial charge in [0.05, 0.1) is 25.3 Å². The molecule has 1 aliphatic rings. The Labute approximate surface area is 87.8 Å². The van der Waals surface area contributed by atoms with Crippen LogP contribution >= 0.6 is 0 Å². The van der Waals surface area contributed by atoms with Gasteiger partial charge in [0.25, 0.3) is 0 Å². The van der Waals surface area contributed by atoms with Crippen molar-refractivity contribution in [1.29, 1.82) is 0 Å². The molecule has 5 nitrogen and oxygen atoms in total. The van der Waals surface area contributed by atoms with E-state index in [2.05, 4.69) is 10.2 Å². The number of carbonyl (C=O) groups excluding carboxylic acids is 1. The normalized spacial score (nSPS) is 26.2. The zero-order chi connectivity index (χ0) is 10.7. The van der Waals surface area contributed by atoms with Crippen molar-refractivity contribution in [2.24, 2.45) is 5.92 Å². The minimum absolute atomic E-state index is 0.207. The first-order valence-electron chi connectivity index (χ1n) is 5.01. The highest BCUT2D eigenvalue weighted by molar-refractivity contribution is 5.73. The quantitative estimate of drug-likeness (QED) is 0.741. The standard InChI is InChI=1S/C10H14N2O3/c1-14-10(13)8-3-2-4-15-9(8)7-5-11-12-6-7/h5-6,8-9H,2-4H2,1H3,(H,11,12)/t8-,9+/m0/s1. The number of aromatic nitrogens is 2. The minimum atomic E-state index is -0.218. The third-order valence-electron chi connectivity index (χ3n) is 2.67. The van der Waals surface area contributed by atoms with Crippen LogP contribution in [0.25, 0.3) is 0 Å². The maximum absolute atomic E-state index is 11.5. The molecule has 0 aliphatic carbocycles. The smallest absolute Gasteiger partial charge is 0.311 e. The van der Waals surface area contributed by atoms with Gasteiger partial charge in [-0.2, -0.15) is 5.10 Å². The lowest BCUT2D eigenvalue weighted by atomic mass is 9.91. The Kier molecular flexibility index (Phi) is 3.01. The average molecular weight is 210 g/mol. The van der Waals surface area contributed by atoms with Crippen LogP contribution in [-0.4, -0.2) is 29.9 Å². The largest absolute Gasteiger partial charge is 0.469 e. The minimum Gasteiger partial charge on any atom is -0.469 e. The zero-order valence-electron chi connectivity index (χ0n) is 8.60. The lowest BCUT2D eigenvalue weighted by Crippen LogP contribution is -2.29. The molecule has 15 heavy (non-hydrogen) atoms. The molecule has 0 radical (unpaired) electrons. The molecule has 1 N–H and O–H groups in total. The van der Waals surface area contributed by atoms with Gasteiger partial charge in [0, 0.05) is 18.4 Å². The van der Waals surface area contributed by atoms with Crippen molar-refractivity contribution >= 4 is 5.97 Å². The van der Waals surface area contributed by atoms with Crippen molar-refractivity contribution in [2.75, 3.05) is 13.7 Å². The van der Waals surface area contributed by atoms with Crippen LogP contribution in [0.15, 0.2) is 12.4 Å². The van der Waals surface area contributed by atoms with Crippen molar-refractivity contribution in [3.63, 3.8) is 0 Å². The number of nitrogens with one attached hydrogen (secondary N) is 1. The molecule has 1 aromatic rings. The third-order valence-corrected chi connectivity index (χ3v) is 2.67. The zero-order valence-corrected chi connectivity index (χ0v) is 8.60. The molecule has 1 aliphatic heterocycles. The maximum Gasteiger partial charge on any atom is 0.311 e. The van der Waals surface area contributed by atoms with Crippen molar-refractivity contribution in [3.8, 4) is 0 Å². The number of methoxy groups -OCH3 is 1. The second-order valence-electron chi connectivity index (χ2n) is 3.59. The van der Waals surface area contributed by atoms with E-state index in [0.29, 0.717) is 6.61 Å². The molecule has 2 heterocycles. The fourth-order valence-corrected chi connectivity index (χ4v) is 1.92. The summed E-state index contributed by atoms with van der Waals surface area (Å²) in [6.45, 7) is 0.684. The predicted octanol–water partition coefficient (Wildman–Crippen LogP) is 1.05. The molecule has 5 heteroatoms. The molecule has 2 rings (SSSR count). The number of rotatable bonds is 2. The average Bonchev–Trinajstić information content (AvgIpc) is 2.81. The van der Waals surface area contributed by atoms with Gasteiger partial charge in [0.2, 0.25) is 0 Å². The molecular weight excluding hydrogens is 196 g/mol. The number of hydrogen-bond donors (Lipinski definition) is 1. The lowest BCUT2D eigenvalue weighted by Gasteiger charge is -2.28. The lowest BCUT2D eigenvalue weighted by molar-refractivity contribution is -0.155. The van der Waals surface area contributed by atoms with Gasteiger partial charge in [0.1, 0.15) is 0 Å². The molecule has 1 aromatic heterocycles. The van der Waals surface area contributed by atoms with E-state index < -0.39 is 0 Å². The SMILES string of the molecule is COC(=O)[C@H]1CCCO[C@@H]1c1cn[nH]c1. The first-order chi connectivity index (χ1) is 7.33. The Morgan fingerprint density at radius 1 is 1.73 bits per heavy atom. The van der Waals surface area contributed by atoms with Crippen LogP contribution in [-0.2, 0) is 14.3 Å². The first-order valence-corrected chi connectivity index (χ1v) is 5.01. The second-order valence-corrected chi connectivity index (χ2v) is 3.59. The van der Waals surface area contributed by atoms with E-state index in [9.17, 15) is 4.79 Å². The maximum atomic E-state index is 11.5. The van der Waals surface area contributed by atoms with E-state index >= 15 is 0 Å². The molecule has 0 aromatic carbocycles. The van der Waals surface area contributed by atoms with E-state index in [1.165, 1.54) is 7.11 Å². The molecule has 1 saturated heterocycles. The van der Waals surface area contributed by atoms with Crippen LogP contribution in [0.2, 0.25) is 0 Å². The van der Waals surface area contributed by atoms with Crippen LogP contribution in [0, 0.1) is 5.92 Å². The van der Waals surface area contributed by atoms with E-state index in [0.717, 1.165) is 18.4 Å². The molecule has 0 amide bonds. The summed E-state index contributed by atoms with van der Waals surface area (Å²) in [5.74, 6) is -0.415. The third kappa shape index (κ3) is 2.02. The van der Waals surface area contributed by atoms with E-state index in [1.54, 1.807) is 12.4 Å². The van der Waals surface area contributed by atoms with E-state index in [4.69, 9.17) is 9.47 Å². The summed E-state index contributed by atoms with van der Waals surface area (Å²) in [5.41, 5.74) is 0.908. The predicted molar refractivity (Wildman–Crippen MR) is 52.0 cm³/mol. The summed E-state index contributed by atoms with van der Waals surface area (Å²) < 4.78 is 10.4. The molecule has 2 atom stereocenters. The van der Waals surface area contributed by atoms with Gasteiger partial charge in [-0.25, -0.2) is 0 Å². The van der Waals surface area contributed by atoms with Crippen LogP contribution < -0.4 is 0 Å². The number of esters is 1. The van der Waals surface area contributed by atoms with Gasteiger partial charge < -0.3 is 9.47 Å². The highest BCUT2D eigenvalue weighted by Crippen LogP contribution is 2.33. The number of aromatic amines is 1. The van der Waals surface area contributed by atoms with Gasteiger partial charge in [-0.3, -0.25) is 9.89 Å². The summed E-state index contributed by atoms with van der Waals surface area (Å²) in [4.78, 5) is 11.5. The first kappa shape index (κ1) is 10.2. The number of hydrogen-bond acceptors (Lipinski definition) is 4.